The maximum atomic E-state index is 12.0. The molecule has 2 rings (SSSR count). The van der Waals surface area contributed by atoms with Crippen molar-refractivity contribution in [1.82, 2.24) is 0 Å². The lowest BCUT2D eigenvalue weighted by Gasteiger charge is -2.28. The molecule has 1 aliphatic rings. The second kappa shape index (κ2) is 5.89. The zero-order valence-corrected chi connectivity index (χ0v) is 11.1. The zero-order valence-electron chi connectivity index (χ0n) is 11.1. The molecule has 1 aromatic rings. The molecule has 3 nitrogen and oxygen atoms in total. The Morgan fingerprint density at radius 3 is 2.50 bits per heavy atom. The summed E-state index contributed by atoms with van der Waals surface area (Å²) in [5.41, 5.74) is 1.63. The monoisotopic (exact) mass is 247 g/mol. The van der Waals surface area contributed by atoms with Crippen molar-refractivity contribution in [1.29, 1.82) is 0 Å². The quantitative estimate of drug-likeness (QED) is 0.831. The number of rotatable bonds is 3. The van der Waals surface area contributed by atoms with Crippen LogP contribution in [0.5, 0.6) is 0 Å². The lowest BCUT2D eigenvalue weighted by atomic mass is 9.88. The molecule has 98 valence electrons. The van der Waals surface area contributed by atoms with E-state index in [4.69, 9.17) is 4.74 Å². The Bertz CT molecular complexity index is 399. The summed E-state index contributed by atoms with van der Waals surface area (Å²) in [6.07, 6.45) is 4.68. The highest BCUT2D eigenvalue weighted by Crippen LogP contribution is 2.27. The van der Waals surface area contributed by atoms with Crippen molar-refractivity contribution >= 4 is 11.7 Å². The number of anilines is 1. The smallest absolute Gasteiger partial charge is 0.338 e. The van der Waals surface area contributed by atoms with Gasteiger partial charge in [-0.3, -0.25) is 0 Å². The fraction of sp³-hybridized carbons (Fsp3) is 0.533. The molecule has 0 aromatic heterocycles. The first-order valence-corrected chi connectivity index (χ1v) is 6.69. The van der Waals surface area contributed by atoms with E-state index >= 15 is 0 Å². The van der Waals surface area contributed by atoms with Gasteiger partial charge in [-0.25, -0.2) is 4.79 Å². The normalized spacial score (nSPS) is 23.4. The van der Waals surface area contributed by atoms with Gasteiger partial charge >= 0.3 is 5.97 Å². The Hall–Kier alpha value is -1.51. The first-order chi connectivity index (χ1) is 8.70. The number of nitrogens with one attached hydrogen (secondary N) is 1. The molecule has 0 saturated heterocycles. The molecular formula is C15H21NO2. The van der Waals surface area contributed by atoms with E-state index in [0.29, 0.717) is 11.5 Å². The molecule has 18 heavy (non-hydrogen) atoms. The van der Waals surface area contributed by atoms with Gasteiger partial charge in [0.25, 0.3) is 0 Å². The van der Waals surface area contributed by atoms with Crippen LogP contribution in [0, 0.1) is 5.92 Å². The van der Waals surface area contributed by atoms with Crippen molar-refractivity contribution < 1.29 is 9.53 Å². The third-order valence-electron chi connectivity index (χ3n) is 3.70. The van der Waals surface area contributed by atoms with Gasteiger partial charge in [-0.2, -0.15) is 0 Å². The summed E-state index contributed by atoms with van der Waals surface area (Å²) >= 11 is 0. The molecule has 0 amide bonds. The van der Waals surface area contributed by atoms with Gasteiger partial charge < -0.3 is 10.1 Å². The highest BCUT2D eigenvalue weighted by atomic mass is 16.5. The maximum Gasteiger partial charge on any atom is 0.338 e. The summed E-state index contributed by atoms with van der Waals surface area (Å²) < 4.78 is 5.60. The molecule has 1 saturated carbocycles. The van der Waals surface area contributed by atoms with Gasteiger partial charge in [0, 0.05) is 12.7 Å². The molecule has 1 fully saturated rings. The van der Waals surface area contributed by atoms with Crippen LogP contribution in [0.25, 0.3) is 0 Å². The number of hydrogen-bond acceptors (Lipinski definition) is 3. The summed E-state index contributed by atoms with van der Waals surface area (Å²) in [5.74, 6) is 0.288. The van der Waals surface area contributed by atoms with Crippen LogP contribution in [0.1, 0.15) is 43.0 Å². The summed E-state index contributed by atoms with van der Waals surface area (Å²) in [4.78, 5) is 12.0. The van der Waals surface area contributed by atoms with E-state index in [1.54, 1.807) is 0 Å². The molecule has 0 spiro atoms. The Labute approximate surface area is 109 Å². The van der Waals surface area contributed by atoms with Crippen LogP contribution in [0.15, 0.2) is 24.3 Å². The van der Waals surface area contributed by atoms with Crippen molar-refractivity contribution in [3.8, 4) is 0 Å². The second-order valence-electron chi connectivity index (χ2n) is 5.03. The molecule has 3 heteroatoms. The van der Waals surface area contributed by atoms with E-state index in [9.17, 15) is 4.79 Å². The number of carbonyl (C=O) groups excluding carboxylic acids is 1. The molecule has 0 radical (unpaired) electrons. The van der Waals surface area contributed by atoms with E-state index in [1.807, 2.05) is 31.3 Å². The topological polar surface area (TPSA) is 38.3 Å². The molecular weight excluding hydrogens is 226 g/mol. The summed E-state index contributed by atoms with van der Waals surface area (Å²) in [7, 11) is 1.86. The van der Waals surface area contributed by atoms with Gasteiger partial charge in [-0.15, -0.1) is 0 Å². The minimum Gasteiger partial charge on any atom is -0.459 e. The van der Waals surface area contributed by atoms with Crippen molar-refractivity contribution in [3.63, 3.8) is 0 Å². The predicted octanol–water partition coefficient (Wildman–Crippen LogP) is 3.46. The van der Waals surface area contributed by atoms with E-state index in [0.717, 1.165) is 18.5 Å². The molecule has 0 bridgehead atoms. The standard InChI is InChI=1S/C15H21NO2/c1-11-5-3-4-6-14(11)18-15(17)12-7-9-13(16-2)10-8-12/h7-11,14,16H,3-6H2,1-2H3. The van der Waals surface area contributed by atoms with Crippen LogP contribution in [0.3, 0.4) is 0 Å². The summed E-state index contributed by atoms with van der Waals surface area (Å²) in [5, 5.41) is 3.03. The molecule has 0 heterocycles. The van der Waals surface area contributed by atoms with Gasteiger partial charge in [-0.05, 0) is 49.4 Å². The Balaban J connectivity index is 1.97. The van der Waals surface area contributed by atoms with E-state index < -0.39 is 0 Å². The van der Waals surface area contributed by atoms with E-state index in [-0.39, 0.29) is 12.1 Å². The molecule has 1 N–H and O–H groups in total. The third-order valence-corrected chi connectivity index (χ3v) is 3.70. The highest BCUT2D eigenvalue weighted by Gasteiger charge is 2.25. The second-order valence-corrected chi connectivity index (χ2v) is 5.03. The predicted molar refractivity (Wildman–Crippen MR) is 72.8 cm³/mol. The van der Waals surface area contributed by atoms with Crippen molar-refractivity contribution in [2.45, 2.75) is 38.7 Å². The number of esters is 1. The van der Waals surface area contributed by atoms with Crippen molar-refractivity contribution in [3.05, 3.63) is 29.8 Å². The SMILES string of the molecule is CNc1ccc(C(=O)OC2CCCCC2C)cc1. The average Bonchev–Trinajstić information content (AvgIpc) is 2.41. The number of hydrogen-bond donors (Lipinski definition) is 1. The van der Waals surface area contributed by atoms with Crippen LogP contribution >= 0.6 is 0 Å². The lowest BCUT2D eigenvalue weighted by Crippen LogP contribution is -2.28. The number of benzene rings is 1. The summed E-state index contributed by atoms with van der Waals surface area (Å²) in [6.45, 7) is 2.17. The lowest BCUT2D eigenvalue weighted by molar-refractivity contribution is 0.00482. The van der Waals surface area contributed by atoms with Crippen LogP contribution in [-0.4, -0.2) is 19.1 Å². The third kappa shape index (κ3) is 3.03. The molecule has 2 atom stereocenters. The first-order valence-electron chi connectivity index (χ1n) is 6.69. The van der Waals surface area contributed by atoms with Gasteiger partial charge in [0.05, 0.1) is 5.56 Å². The van der Waals surface area contributed by atoms with Crippen LogP contribution < -0.4 is 5.32 Å². The van der Waals surface area contributed by atoms with Crippen LogP contribution in [0.2, 0.25) is 0 Å². The largest absolute Gasteiger partial charge is 0.459 e. The maximum absolute atomic E-state index is 12.0. The van der Waals surface area contributed by atoms with Gasteiger partial charge in [-0.1, -0.05) is 13.3 Å². The molecule has 1 aromatic carbocycles. The molecule has 1 aliphatic carbocycles. The van der Waals surface area contributed by atoms with E-state index in [2.05, 4.69) is 12.2 Å². The Morgan fingerprint density at radius 2 is 1.89 bits per heavy atom. The first kappa shape index (κ1) is 12.9. The Kier molecular flexibility index (Phi) is 4.24. The van der Waals surface area contributed by atoms with Gasteiger partial charge in [0.1, 0.15) is 6.10 Å². The fourth-order valence-electron chi connectivity index (χ4n) is 2.44. The Morgan fingerprint density at radius 1 is 1.22 bits per heavy atom. The number of ether oxygens (including phenoxy) is 1. The zero-order chi connectivity index (χ0) is 13.0. The average molecular weight is 247 g/mol. The molecule has 0 aliphatic heterocycles. The molecule has 2 unspecified atom stereocenters. The number of carbonyl (C=O) groups is 1. The van der Waals surface area contributed by atoms with Crippen LogP contribution in [-0.2, 0) is 4.74 Å². The minimum atomic E-state index is -0.198. The highest BCUT2D eigenvalue weighted by molar-refractivity contribution is 5.89. The van der Waals surface area contributed by atoms with Gasteiger partial charge in [0.2, 0.25) is 0 Å². The minimum absolute atomic E-state index is 0.0928. The van der Waals surface area contributed by atoms with Crippen molar-refractivity contribution in [2.75, 3.05) is 12.4 Å². The van der Waals surface area contributed by atoms with E-state index in [1.165, 1.54) is 12.8 Å². The fourth-order valence-corrected chi connectivity index (χ4v) is 2.44. The van der Waals surface area contributed by atoms with Crippen LogP contribution in [0.4, 0.5) is 5.69 Å². The summed E-state index contributed by atoms with van der Waals surface area (Å²) in [6, 6.07) is 7.39. The van der Waals surface area contributed by atoms with Crippen molar-refractivity contribution in [2.24, 2.45) is 5.92 Å². The van der Waals surface area contributed by atoms with Gasteiger partial charge in [0.15, 0.2) is 0 Å².